The molecule has 0 fully saturated rings. The number of thioether (sulfide) groups is 1. The predicted octanol–water partition coefficient (Wildman–Crippen LogP) is 4.28. The maximum absolute atomic E-state index is 12.6. The highest BCUT2D eigenvalue weighted by Crippen LogP contribution is 2.28. The summed E-state index contributed by atoms with van der Waals surface area (Å²) in [4.78, 5) is 14.3. The molecule has 0 saturated carbocycles. The van der Waals surface area contributed by atoms with Crippen molar-refractivity contribution in [1.29, 1.82) is 0 Å². The first kappa shape index (κ1) is 18.1. The first-order valence-corrected chi connectivity index (χ1v) is 9.72. The van der Waals surface area contributed by atoms with E-state index in [1.54, 1.807) is 18.2 Å². The number of carbonyl (C=O) groups is 1. The Bertz CT molecular complexity index is 1050. The number of para-hydroxylation sites is 2. The number of furan rings is 1. The zero-order valence-corrected chi connectivity index (χ0v) is 16.0. The van der Waals surface area contributed by atoms with Crippen LogP contribution < -0.4 is 4.90 Å². The molecule has 0 aliphatic carbocycles. The molecule has 1 amide bonds. The average Bonchev–Trinajstić information content (AvgIpc) is 3.42. The molecular weight excluding hydrogens is 372 g/mol. The van der Waals surface area contributed by atoms with E-state index in [0.29, 0.717) is 16.7 Å². The second-order valence-electron chi connectivity index (χ2n) is 6.03. The lowest BCUT2D eigenvalue weighted by Crippen LogP contribution is -2.27. The quantitative estimate of drug-likeness (QED) is 0.460. The van der Waals surface area contributed by atoms with Crippen LogP contribution >= 0.6 is 11.8 Å². The van der Waals surface area contributed by atoms with E-state index in [4.69, 9.17) is 4.42 Å². The summed E-state index contributed by atoms with van der Waals surface area (Å²) >= 11 is 1.35. The van der Waals surface area contributed by atoms with Crippen LogP contribution in [0.3, 0.4) is 0 Å². The molecule has 2 aromatic carbocycles. The van der Waals surface area contributed by atoms with E-state index in [0.717, 1.165) is 11.4 Å². The van der Waals surface area contributed by atoms with Crippen LogP contribution in [0.2, 0.25) is 0 Å². The van der Waals surface area contributed by atoms with E-state index in [-0.39, 0.29) is 11.7 Å². The molecule has 0 spiro atoms. The molecule has 4 aromatic rings. The van der Waals surface area contributed by atoms with Gasteiger partial charge in [-0.05, 0) is 36.4 Å². The SMILES string of the molecule is CN(C(=O)CSc1nnc(-c2ccco2)n1-c1ccccc1)c1ccccc1. The van der Waals surface area contributed by atoms with Gasteiger partial charge in [0.2, 0.25) is 11.7 Å². The van der Waals surface area contributed by atoms with Crippen molar-refractivity contribution in [1.82, 2.24) is 14.8 Å². The van der Waals surface area contributed by atoms with E-state index < -0.39 is 0 Å². The lowest BCUT2D eigenvalue weighted by atomic mass is 10.3. The third kappa shape index (κ3) is 3.70. The number of rotatable bonds is 6. The summed E-state index contributed by atoms with van der Waals surface area (Å²) in [5.74, 6) is 1.45. The van der Waals surface area contributed by atoms with Crippen LogP contribution in [-0.4, -0.2) is 33.5 Å². The van der Waals surface area contributed by atoms with E-state index in [1.807, 2.05) is 77.4 Å². The van der Waals surface area contributed by atoms with Crippen LogP contribution in [0.15, 0.2) is 88.6 Å². The van der Waals surface area contributed by atoms with E-state index in [1.165, 1.54) is 11.8 Å². The molecule has 0 radical (unpaired) electrons. The van der Waals surface area contributed by atoms with Gasteiger partial charge in [0.15, 0.2) is 10.9 Å². The van der Waals surface area contributed by atoms with E-state index >= 15 is 0 Å². The normalized spacial score (nSPS) is 10.8. The molecule has 0 bridgehead atoms. The largest absolute Gasteiger partial charge is 0.461 e. The molecule has 0 aliphatic rings. The number of hydrogen-bond donors (Lipinski definition) is 0. The number of amides is 1. The second-order valence-corrected chi connectivity index (χ2v) is 6.97. The van der Waals surface area contributed by atoms with E-state index in [2.05, 4.69) is 10.2 Å². The summed E-state index contributed by atoms with van der Waals surface area (Å²) < 4.78 is 7.41. The van der Waals surface area contributed by atoms with Crippen LogP contribution in [0.5, 0.6) is 0 Å². The summed E-state index contributed by atoms with van der Waals surface area (Å²) in [7, 11) is 1.77. The average molecular weight is 390 g/mol. The van der Waals surface area contributed by atoms with Crippen molar-refractivity contribution < 1.29 is 9.21 Å². The van der Waals surface area contributed by atoms with Crippen molar-refractivity contribution in [3.05, 3.63) is 79.1 Å². The smallest absolute Gasteiger partial charge is 0.237 e. The molecule has 2 aromatic heterocycles. The molecular formula is C21H18N4O2S. The Balaban J connectivity index is 1.59. The van der Waals surface area contributed by atoms with Crippen LogP contribution in [0.1, 0.15) is 0 Å². The van der Waals surface area contributed by atoms with E-state index in [9.17, 15) is 4.79 Å². The minimum Gasteiger partial charge on any atom is -0.461 e. The monoisotopic (exact) mass is 390 g/mol. The Hall–Kier alpha value is -3.32. The minimum absolute atomic E-state index is 0.0154. The Morgan fingerprint density at radius 1 is 1.00 bits per heavy atom. The van der Waals surface area contributed by atoms with Crippen LogP contribution in [0, 0.1) is 0 Å². The Kier molecular flexibility index (Phi) is 5.25. The molecule has 0 N–H and O–H groups in total. The molecule has 0 atom stereocenters. The van der Waals surface area contributed by atoms with Gasteiger partial charge in [-0.15, -0.1) is 10.2 Å². The van der Waals surface area contributed by atoms with Crippen molar-refractivity contribution in [2.75, 3.05) is 17.7 Å². The zero-order chi connectivity index (χ0) is 19.3. The number of aromatic nitrogens is 3. The maximum Gasteiger partial charge on any atom is 0.237 e. The van der Waals surface area contributed by atoms with Gasteiger partial charge >= 0.3 is 0 Å². The lowest BCUT2D eigenvalue weighted by Gasteiger charge is -2.17. The molecule has 140 valence electrons. The summed E-state index contributed by atoms with van der Waals surface area (Å²) in [5, 5.41) is 9.22. The third-order valence-corrected chi connectivity index (χ3v) is 5.15. The van der Waals surface area contributed by atoms with Crippen LogP contribution in [0.4, 0.5) is 5.69 Å². The van der Waals surface area contributed by atoms with Gasteiger partial charge in [0.05, 0.1) is 12.0 Å². The third-order valence-electron chi connectivity index (χ3n) is 4.23. The van der Waals surface area contributed by atoms with Gasteiger partial charge in [0, 0.05) is 18.4 Å². The highest BCUT2D eigenvalue weighted by molar-refractivity contribution is 7.99. The Morgan fingerprint density at radius 3 is 2.39 bits per heavy atom. The van der Waals surface area contributed by atoms with Gasteiger partial charge in [-0.1, -0.05) is 48.2 Å². The van der Waals surface area contributed by atoms with Gasteiger partial charge in [-0.25, -0.2) is 0 Å². The van der Waals surface area contributed by atoms with Gasteiger partial charge in [0.25, 0.3) is 0 Å². The maximum atomic E-state index is 12.6. The molecule has 0 unspecified atom stereocenters. The summed E-state index contributed by atoms with van der Waals surface area (Å²) in [6.45, 7) is 0. The lowest BCUT2D eigenvalue weighted by molar-refractivity contribution is -0.115. The first-order valence-electron chi connectivity index (χ1n) is 8.73. The Labute approximate surface area is 166 Å². The van der Waals surface area contributed by atoms with Crippen molar-refractivity contribution in [3.8, 4) is 17.3 Å². The van der Waals surface area contributed by atoms with Gasteiger partial charge in [-0.2, -0.15) is 0 Å². The van der Waals surface area contributed by atoms with Crippen molar-refractivity contribution >= 4 is 23.4 Å². The molecule has 0 saturated heterocycles. The Morgan fingerprint density at radius 2 is 1.71 bits per heavy atom. The standard InChI is InChI=1S/C21H18N4O2S/c1-24(16-9-4-2-5-10-16)19(26)15-28-21-23-22-20(18-13-8-14-27-18)25(21)17-11-6-3-7-12-17/h2-14H,15H2,1H3. The zero-order valence-electron chi connectivity index (χ0n) is 15.2. The first-order chi connectivity index (χ1) is 13.7. The minimum atomic E-state index is -0.0154. The summed E-state index contributed by atoms with van der Waals surface area (Å²) in [6.07, 6.45) is 1.60. The fourth-order valence-electron chi connectivity index (χ4n) is 2.76. The van der Waals surface area contributed by atoms with Gasteiger partial charge in [-0.3, -0.25) is 9.36 Å². The van der Waals surface area contributed by atoms with Gasteiger partial charge < -0.3 is 9.32 Å². The number of carbonyl (C=O) groups excluding carboxylic acids is 1. The summed E-state index contributed by atoms with van der Waals surface area (Å²) in [5.41, 5.74) is 1.76. The molecule has 7 heteroatoms. The fraction of sp³-hybridized carbons (Fsp3) is 0.0952. The molecule has 28 heavy (non-hydrogen) atoms. The summed E-state index contributed by atoms with van der Waals surface area (Å²) in [6, 6.07) is 23.0. The van der Waals surface area contributed by atoms with Crippen molar-refractivity contribution in [2.24, 2.45) is 0 Å². The van der Waals surface area contributed by atoms with Crippen molar-refractivity contribution in [2.45, 2.75) is 5.16 Å². The topological polar surface area (TPSA) is 64.2 Å². The van der Waals surface area contributed by atoms with Crippen LogP contribution in [-0.2, 0) is 4.79 Å². The number of anilines is 1. The molecule has 6 nitrogen and oxygen atoms in total. The molecule has 0 aliphatic heterocycles. The molecule has 2 heterocycles. The predicted molar refractivity (Wildman–Crippen MR) is 110 cm³/mol. The van der Waals surface area contributed by atoms with Crippen LogP contribution in [0.25, 0.3) is 17.3 Å². The second kappa shape index (κ2) is 8.14. The number of benzene rings is 2. The number of hydrogen-bond acceptors (Lipinski definition) is 5. The molecule has 4 rings (SSSR count). The van der Waals surface area contributed by atoms with Gasteiger partial charge in [0.1, 0.15) is 0 Å². The van der Waals surface area contributed by atoms with Crippen molar-refractivity contribution in [3.63, 3.8) is 0 Å². The highest BCUT2D eigenvalue weighted by Gasteiger charge is 2.20. The fourth-order valence-corrected chi connectivity index (χ4v) is 3.62. The highest BCUT2D eigenvalue weighted by atomic mass is 32.2. The number of nitrogens with zero attached hydrogens (tertiary/aromatic N) is 4.